The molecule has 1 atom stereocenters. The van der Waals surface area contributed by atoms with Crippen LogP contribution in [-0.2, 0) is 4.79 Å². The van der Waals surface area contributed by atoms with E-state index in [0.29, 0.717) is 57.1 Å². The molecule has 8 nitrogen and oxygen atoms in total. The van der Waals surface area contributed by atoms with Crippen molar-refractivity contribution in [2.75, 3.05) is 6.61 Å². The molecule has 0 radical (unpaired) electrons. The minimum absolute atomic E-state index is 0.111. The normalized spacial score (nSPS) is 14.9. The number of benzene rings is 1. The molecule has 3 aromatic rings. The number of amides is 2. The van der Waals surface area contributed by atoms with E-state index in [4.69, 9.17) is 39.5 Å². The number of ether oxygens (including phenoxy) is 1. The fraction of sp³-hybridized carbons (Fsp3) is 0.304. The summed E-state index contributed by atoms with van der Waals surface area (Å²) in [6.07, 6.45) is 3.95. The highest BCUT2D eigenvalue weighted by Gasteiger charge is 2.51. The first-order chi connectivity index (χ1) is 16.2. The van der Waals surface area contributed by atoms with Gasteiger partial charge < -0.3 is 19.9 Å². The highest BCUT2D eigenvalue weighted by atomic mass is 35.5. The molecule has 178 valence electrons. The largest absolute Gasteiger partial charge is 0.492 e. The van der Waals surface area contributed by atoms with Crippen molar-refractivity contribution in [3.05, 3.63) is 63.2 Å². The van der Waals surface area contributed by atoms with Gasteiger partial charge in [-0.05, 0) is 44.9 Å². The molecule has 1 fully saturated rings. The Morgan fingerprint density at radius 2 is 1.97 bits per heavy atom. The molecular formula is C23H21Cl3N4O4. The second-order valence-electron chi connectivity index (χ2n) is 7.90. The molecule has 1 aromatic carbocycles. The number of nitrogens with zero attached hydrogens (tertiary/aromatic N) is 2. The van der Waals surface area contributed by atoms with Crippen molar-refractivity contribution < 1.29 is 18.8 Å². The molecule has 0 bridgehead atoms. The topological polar surface area (TPSA) is 106 Å². The first-order valence-corrected chi connectivity index (χ1v) is 11.7. The van der Waals surface area contributed by atoms with Crippen LogP contribution in [0.25, 0.3) is 11.1 Å². The average Bonchev–Trinajstić information content (AvgIpc) is 3.36. The lowest BCUT2D eigenvalue weighted by molar-refractivity contribution is -0.124. The summed E-state index contributed by atoms with van der Waals surface area (Å²) in [5, 5.41) is 10.4. The minimum atomic E-state index is -0.985. The van der Waals surface area contributed by atoms with E-state index >= 15 is 0 Å². The van der Waals surface area contributed by atoms with E-state index in [1.807, 2.05) is 6.92 Å². The second kappa shape index (κ2) is 9.82. The third-order valence-corrected chi connectivity index (χ3v) is 6.25. The lowest BCUT2D eigenvalue weighted by Crippen LogP contribution is -2.49. The van der Waals surface area contributed by atoms with Crippen LogP contribution in [0.1, 0.15) is 48.9 Å². The zero-order chi connectivity index (χ0) is 24.5. The van der Waals surface area contributed by atoms with Gasteiger partial charge in [-0.3, -0.25) is 14.6 Å². The van der Waals surface area contributed by atoms with Crippen LogP contribution in [0.2, 0.25) is 15.1 Å². The predicted molar refractivity (Wildman–Crippen MR) is 128 cm³/mol. The minimum Gasteiger partial charge on any atom is -0.492 e. The average molecular weight is 524 g/mol. The summed E-state index contributed by atoms with van der Waals surface area (Å²) in [4.78, 5) is 29.7. The van der Waals surface area contributed by atoms with Gasteiger partial charge in [0.2, 0.25) is 5.91 Å². The Labute approximate surface area is 210 Å². The Morgan fingerprint density at radius 1 is 1.21 bits per heavy atom. The molecule has 1 aliphatic carbocycles. The number of carbonyl (C=O) groups excluding carboxylic acids is 2. The van der Waals surface area contributed by atoms with Crippen LogP contribution < -0.4 is 15.4 Å². The van der Waals surface area contributed by atoms with Crippen molar-refractivity contribution in [3.8, 4) is 16.9 Å². The van der Waals surface area contributed by atoms with Gasteiger partial charge in [-0.1, -0.05) is 40.0 Å². The zero-order valence-electron chi connectivity index (χ0n) is 18.3. The van der Waals surface area contributed by atoms with Gasteiger partial charge in [0.15, 0.2) is 5.69 Å². The number of hydrogen-bond acceptors (Lipinski definition) is 6. The van der Waals surface area contributed by atoms with Gasteiger partial charge in [0, 0.05) is 28.4 Å². The Bertz CT molecular complexity index is 1230. The third kappa shape index (κ3) is 4.99. The molecule has 2 heterocycles. The van der Waals surface area contributed by atoms with Crippen molar-refractivity contribution in [2.45, 2.75) is 38.3 Å². The SMILES string of the molecule is CCOc1c(Cl)cc(Cl)cc1-c1cnc([C@@H](C)NC(=O)C2(NC(=O)c3ccon3)CC2)c(Cl)c1. The summed E-state index contributed by atoms with van der Waals surface area (Å²) in [6, 6.07) is 5.97. The monoisotopic (exact) mass is 522 g/mol. The number of rotatable bonds is 8. The van der Waals surface area contributed by atoms with Gasteiger partial charge in [0.25, 0.3) is 5.91 Å². The van der Waals surface area contributed by atoms with Crippen molar-refractivity contribution in [1.29, 1.82) is 0 Å². The van der Waals surface area contributed by atoms with Crippen LogP contribution >= 0.6 is 34.8 Å². The molecule has 0 aliphatic heterocycles. The Kier molecular flexibility index (Phi) is 7.02. The van der Waals surface area contributed by atoms with Gasteiger partial charge in [0.1, 0.15) is 17.6 Å². The molecule has 2 N–H and O–H groups in total. The molecule has 1 aliphatic rings. The number of pyridine rings is 1. The molecule has 0 saturated heterocycles. The molecule has 4 rings (SSSR count). The van der Waals surface area contributed by atoms with E-state index in [1.54, 1.807) is 31.3 Å². The predicted octanol–water partition coefficient (Wildman–Crippen LogP) is 5.24. The highest BCUT2D eigenvalue weighted by Crippen LogP contribution is 2.40. The fourth-order valence-electron chi connectivity index (χ4n) is 3.53. The van der Waals surface area contributed by atoms with E-state index in [-0.39, 0.29) is 11.6 Å². The number of halogens is 3. The van der Waals surface area contributed by atoms with Crippen LogP contribution in [0.5, 0.6) is 5.75 Å². The molecule has 2 amide bonds. The summed E-state index contributed by atoms with van der Waals surface area (Å²) < 4.78 is 10.4. The third-order valence-electron chi connectivity index (χ3n) is 5.44. The zero-order valence-corrected chi connectivity index (χ0v) is 20.6. The standard InChI is InChI=1S/C23H21Cl3N4O4/c1-3-33-20-15(9-14(24)10-17(20)26)13-8-16(25)19(27-11-13)12(2)28-22(32)23(5-6-23)29-21(31)18-4-7-34-30-18/h4,7-12H,3,5-6H2,1-2H3,(H,28,32)(H,29,31)/t12-/m1/s1. The maximum Gasteiger partial charge on any atom is 0.274 e. The molecule has 11 heteroatoms. The highest BCUT2D eigenvalue weighted by molar-refractivity contribution is 6.36. The van der Waals surface area contributed by atoms with Crippen LogP contribution in [0.3, 0.4) is 0 Å². The Balaban J connectivity index is 1.50. The van der Waals surface area contributed by atoms with Gasteiger partial charge in [-0.2, -0.15) is 0 Å². The maximum atomic E-state index is 12.9. The number of nitrogens with one attached hydrogen (secondary N) is 2. The number of aromatic nitrogens is 2. The molecule has 1 saturated carbocycles. The van der Waals surface area contributed by atoms with Crippen LogP contribution in [0, 0.1) is 0 Å². The number of carbonyl (C=O) groups is 2. The summed E-state index contributed by atoms with van der Waals surface area (Å²) in [5.41, 5.74) is 0.923. The molecule has 0 spiro atoms. The van der Waals surface area contributed by atoms with Crippen LogP contribution in [-0.4, -0.2) is 34.1 Å². The second-order valence-corrected chi connectivity index (χ2v) is 9.16. The summed E-state index contributed by atoms with van der Waals surface area (Å²) in [6.45, 7) is 4.04. The summed E-state index contributed by atoms with van der Waals surface area (Å²) in [5.74, 6) is -0.307. The van der Waals surface area contributed by atoms with E-state index < -0.39 is 17.5 Å². The van der Waals surface area contributed by atoms with Crippen molar-refractivity contribution in [2.24, 2.45) is 0 Å². The van der Waals surface area contributed by atoms with Gasteiger partial charge in [-0.25, -0.2) is 0 Å². The van der Waals surface area contributed by atoms with E-state index in [0.717, 1.165) is 0 Å². The first-order valence-electron chi connectivity index (χ1n) is 10.6. The van der Waals surface area contributed by atoms with Crippen molar-refractivity contribution in [3.63, 3.8) is 0 Å². The van der Waals surface area contributed by atoms with E-state index in [1.165, 1.54) is 12.3 Å². The molecule has 34 heavy (non-hydrogen) atoms. The number of hydrogen-bond donors (Lipinski definition) is 2. The smallest absolute Gasteiger partial charge is 0.274 e. The van der Waals surface area contributed by atoms with Gasteiger partial charge >= 0.3 is 0 Å². The summed E-state index contributed by atoms with van der Waals surface area (Å²) >= 11 is 19.0. The van der Waals surface area contributed by atoms with Crippen molar-refractivity contribution in [1.82, 2.24) is 20.8 Å². The Hall–Kier alpha value is -2.81. The molecule has 2 aromatic heterocycles. The molecule has 0 unspecified atom stereocenters. The first kappa shape index (κ1) is 24.3. The quantitative estimate of drug-likeness (QED) is 0.418. The summed E-state index contributed by atoms with van der Waals surface area (Å²) in [7, 11) is 0. The van der Waals surface area contributed by atoms with Crippen LogP contribution in [0.15, 0.2) is 41.2 Å². The van der Waals surface area contributed by atoms with Gasteiger partial charge in [-0.15, -0.1) is 0 Å². The van der Waals surface area contributed by atoms with Crippen molar-refractivity contribution >= 4 is 46.6 Å². The van der Waals surface area contributed by atoms with Gasteiger partial charge in [0.05, 0.1) is 28.4 Å². The van der Waals surface area contributed by atoms with E-state index in [9.17, 15) is 9.59 Å². The fourth-order valence-corrected chi connectivity index (χ4v) is 4.41. The Morgan fingerprint density at radius 3 is 2.59 bits per heavy atom. The molecular weight excluding hydrogens is 503 g/mol. The lowest BCUT2D eigenvalue weighted by atomic mass is 10.0. The lowest BCUT2D eigenvalue weighted by Gasteiger charge is -2.21. The van der Waals surface area contributed by atoms with Crippen LogP contribution in [0.4, 0.5) is 0 Å². The maximum absolute atomic E-state index is 12.9. The van der Waals surface area contributed by atoms with E-state index in [2.05, 4.69) is 25.3 Å².